The summed E-state index contributed by atoms with van der Waals surface area (Å²) in [5, 5.41) is 0. The fourth-order valence-electron chi connectivity index (χ4n) is 4.36. The van der Waals surface area contributed by atoms with Gasteiger partial charge in [-0.1, -0.05) is 30.3 Å². The molecule has 1 heterocycles. The SMILES string of the molecule is C=C(C)C[NH+]1CCN(S(=O)(=O)c2ccc(C)c(N(C)S(=O)(=O)c3ccc(C)cc3)c2C)CC1. The maximum atomic E-state index is 13.5. The standard InChI is InChI=1S/C24H33N3O4S2/c1-18(2)17-26-13-15-27(16-14-26)33(30,31)23-12-9-20(4)24(21(23)5)25(6)32(28,29)22-10-7-19(3)8-11-22/h7-12H,1,13-17H2,2-6H3/p+1. The molecule has 0 aliphatic carbocycles. The lowest BCUT2D eigenvalue weighted by atomic mass is 10.1. The van der Waals surface area contributed by atoms with E-state index in [-0.39, 0.29) is 9.79 Å². The van der Waals surface area contributed by atoms with Crippen molar-refractivity contribution < 1.29 is 21.7 Å². The summed E-state index contributed by atoms with van der Waals surface area (Å²) >= 11 is 0. The zero-order valence-corrected chi connectivity index (χ0v) is 21.7. The highest BCUT2D eigenvalue weighted by molar-refractivity contribution is 7.92. The second kappa shape index (κ2) is 9.58. The van der Waals surface area contributed by atoms with E-state index in [2.05, 4.69) is 6.58 Å². The molecule has 1 N–H and O–H groups in total. The molecule has 0 atom stereocenters. The molecule has 2 aromatic carbocycles. The van der Waals surface area contributed by atoms with Gasteiger partial charge in [0.25, 0.3) is 10.0 Å². The molecule has 7 nitrogen and oxygen atoms in total. The number of benzene rings is 2. The largest absolute Gasteiger partial charge is 0.329 e. The molecule has 1 fully saturated rings. The zero-order chi connectivity index (χ0) is 24.6. The minimum Gasteiger partial charge on any atom is -0.329 e. The van der Waals surface area contributed by atoms with Gasteiger partial charge in [0.05, 0.1) is 48.2 Å². The van der Waals surface area contributed by atoms with E-state index in [9.17, 15) is 16.8 Å². The number of aryl methyl sites for hydroxylation is 2. The van der Waals surface area contributed by atoms with Crippen LogP contribution in [-0.2, 0) is 20.0 Å². The summed E-state index contributed by atoms with van der Waals surface area (Å²) in [6, 6.07) is 9.90. The molecule has 33 heavy (non-hydrogen) atoms. The number of nitrogens with one attached hydrogen (secondary N) is 1. The van der Waals surface area contributed by atoms with Crippen LogP contribution in [0.15, 0.2) is 58.3 Å². The first kappa shape index (κ1) is 25.4. The first-order valence-electron chi connectivity index (χ1n) is 11.0. The Morgan fingerprint density at radius 1 is 1.00 bits per heavy atom. The number of rotatable bonds is 7. The van der Waals surface area contributed by atoms with Crippen LogP contribution in [0.1, 0.15) is 23.6 Å². The van der Waals surface area contributed by atoms with Crippen LogP contribution in [0.3, 0.4) is 0 Å². The summed E-state index contributed by atoms with van der Waals surface area (Å²) in [5.41, 5.74) is 3.56. The average Bonchev–Trinajstić information content (AvgIpc) is 2.73. The van der Waals surface area contributed by atoms with Crippen LogP contribution in [0, 0.1) is 20.8 Å². The number of piperazine rings is 1. The second-order valence-corrected chi connectivity index (χ2v) is 12.8. The predicted molar refractivity (Wildman–Crippen MR) is 132 cm³/mol. The van der Waals surface area contributed by atoms with Gasteiger partial charge in [0.1, 0.15) is 0 Å². The van der Waals surface area contributed by atoms with E-state index in [0.29, 0.717) is 43.0 Å². The quantitative estimate of drug-likeness (QED) is 0.599. The summed E-state index contributed by atoms with van der Waals surface area (Å²) in [5.74, 6) is 0. The summed E-state index contributed by atoms with van der Waals surface area (Å²) in [7, 11) is -6.13. The molecule has 0 amide bonds. The first-order chi connectivity index (χ1) is 15.4. The molecule has 0 radical (unpaired) electrons. The molecule has 1 aliphatic heterocycles. The lowest BCUT2D eigenvalue weighted by Crippen LogP contribution is -3.14. The summed E-state index contributed by atoms with van der Waals surface area (Å²) < 4.78 is 56.3. The molecular formula is C24H34N3O4S2+. The normalized spacial score (nSPS) is 16.0. The number of hydrogen-bond acceptors (Lipinski definition) is 4. The Bertz CT molecular complexity index is 1250. The molecule has 0 aromatic heterocycles. The van der Waals surface area contributed by atoms with Gasteiger partial charge < -0.3 is 4.90 Å². The predicted octanol–water partition coefficient (Wildman–Crippen LogP) is 1.90. The van der Waals surface area contributed by atoms with E-state index in [1.54, 1.807) is 50.2 Å². The Balaban J connectivity index is 1.95. The topological polar surface area (TPSA) is 79.2 Å². The van der Waals surface area contributed by atoms with Crippen molar-refractivity contribution in [2.24, 2.45) is 0 Å². The van der Waals surface area contributed by atoms with Crippen LogP contribution >= 0.6 is 0 Å². The summed E-state index contributed by atoms with van der Waals surface area (Å²) in [4.78, 5) is 1.64. The molecule has 3 rings (SSSR count). The van der Waals surface area contributed by atoms with Crippen molar-refractivity contribution in [3.8, 4) is 0 Å². The third-order valence-corrected chi connectivity index (χ3v) is 9.99. The van der Waals surface area contributed by atoms with Crippen LogP contribution < -0.4 is 9.21 Å². The summed E-state index contributed by atoms with van der Waals surface area (Å²) in [6.45, 7) is 14.4. The molecule has 1 saturated heterocycles. The molecule has 0 bridgehead atoms. The van der Waals surface area contributed by atoms with E-state index < -0.39 is 20.0 Å². The van der Waals surface area contributed by atoms with E-state index in [1.165, 1.54) is 20.6 Å². The highest BCUT2D eigenvalue weighted by Crippen LogP contribution is 2.34. The molecule has 9 heteroatoms. The average molecular weight is 493 g/mol. The molecule has 2 aromatic rings. The lowest BCUT2D eigenvalue weighted by Gasteiger charge is -2.32. The maximum Gasteiger partial charge on any atom is 0.264 e. The van der Waals surface area contributed by atoms with Gasteiger partial charge in [-0.3, -0.25) is 4.31 Å². The van der Waals surface area contributed by atoms with Gasteiger partial charge in [0.15, 0.2) is 0 Å². The number of hydrogen-bond donors (Lipinski definition) is 1. The minimum atomic E-state index is -3.85. The molecule has 0 unspecified atom stereocenters. The van der Waals surface area contributed by atoms with E-state index >= 15 is 0 Å². The Kier molecular flexibility index (Phi) is 7.38. The van der Waals surface area contributed by atoms with E-state index in [0.717, 1.165) is 17.7 Å². The number of anilines is 1. The van der Waals surface area contributed by atoms with Gasteiger partial charge in [-0.15, -0.1) is 0 Å². The Morgan fingerprint density at radius 2 is 1.58 bits per heavy atom. The van der Waals surface area contributed by atoms with Crippen LogP contribution in [0.5, 0.6) is 0 Å². The molecule has 0 spiro atoms. The van der Waals surface area contributed by atoms with Crippen molar-refractivity contribution >= 4 is 25.7 Å². The monoisotopic (exact) mass is 492 g/mol. The Hall–Kier alpha value is -2.20. The van der Waals surface area contributed by atoms with Gasteiger partial charge in [0, 0.05) is 7.05 Å². The lowest BCUT2D eigenvalue weighted by molar-refractivity contribution is -0.898. The van der Waals surface area contributed by atoms with Crippen LogP contribution in [0.25, 0.3) is 0 Å². The van der Waals surface area contributed by atoms with Gasteiger partial charge >= 0.3 is 0 Å². The first-order valence-corrected chi connectivity index (χ1v) is 13.9. The third kappa shape index (κ3) is 5.16. The highest BCUT2D eigenvalue weighted by atomic mass is 32.2. The zero-order valence-electron chi connectivity index (χ0n) is 20.1. The van der Waals surface area contributed by atoms with Crippen molar-refractivity contribution in [1.29, 1.82) is 0 Å². The molecule has 180 valence electrons. The smallest absolute Gasteiger partial charge is 0.264 e. The molecule has 0 saturated carbocycles. The van der Waals surface area contributed by atoms with Gasteiger partial charge in [-0.2, -0.15) is 4.31 Å². The highest BCUT2D eigenvalue weighted by Gasteiger charge is 2.33. The van der Waals surface area contributed by atoms with Crippen molar-refractivity contribution in [1.82, 2.24) is 4.31 Å². The number of quaternary nitrogens is 1. The fraction of sp³-hybridized carbons (Fsp3) is 0.417. The summed E-state index contributed by atoms with van der Waals surface area (Å²) in [6.07, 6.45) is 0. The maximum absolute atomic E-state index is 13.5. The van der Waals surface area contributed by atoms with Crippen LogP contribution in [0.4, 0.5) is 5.69 Å². The van der Waals surface area contributed by atoms with E-state index in [1.807, 2.05) is 13.8 Å². The van der Waals surface area contributed by atoms with Gasteiger partial charge in [-0.05, 0) is 62.6 Å². The van der Waals surface area contributed by atoms with Gasteiger partial charge in [0.2, 0.25) is 10.0 Å². The second-order valence-electron chi connectivity index (χ2n) is 8.93. The van der Waals surface area contributed by atoms with Crippen molar-refractivity contribution in [3.63, 3.8) is 0 Å². The third-order valence-electron chi connectivity index (χ3n) is 6.18. The van der Waals surface area contributed by atoms with Crippen LogP contribution in [-0.4, -0.2) is 60.9 Å². The van der Waals surface area contributed by atoms with E-state index in [4.69, 9.17) is 0 Å². The number of nitrogens with zero attached hydrogens (tertiary/aromatic N) is 2. The Morgan fingerprint density at radius 3 is 2.12 bits per heavy atom. The Labute approximate surface area is 198 Å². The van der Waals surface area contributed by atoms with Crippen molar-refractivity contribution in [2.45, 2.75) is 37.5 Å². The van der Waals surface area contributed by atoms with Crippen LogP contribution in [0.2, 0.25) is 0 Å². The number of sulfonamides is 2. The fourth-order valence-corrected chi connectivity index (χ4v) is 7.34. The van der Waals surface area contributed by atoms with Crippen molar-refractivity contribution in [3.05, 3.63) is 65.2 Å². The van der Waals surface area contributed by atoms with Gasteiger partial charge in [-0.25, -0.2) is 16.8 Å². The van der Waals surface area contributed by atoms with Crippen molar-refractivity contribution in [2.75, 3.05) is 44.1 Å². The minimum absolute atomic E-state index is 0.150. The molecule has 1 aliphatic rings. The molecular weight excluding hydrogens is 458 g/mol.